The number of hydrogen-bond acceptors (Lipinski definition) is 10. The van der Waals surface area contributed by atoms with Gasteiger partial charge in [0.25, 0.3) is 0 Å². The average Bonchev–Trinajstić information content (AvgIpc) is 3.38. The summed E-state index contributed by atoms with van der Waals surface area (Å²) in [5, 5.41) is 21.0. The number of aliphatic hydroxyl groups is 2. The van der Waals surface area contributed by atoms with Crippen LogP contribution in [0.3, 0.4) is 0 Å². The van der Waals surface area contributed by atoms with Crippen LogP contribution in [-0.2, 0) is 38.1 Å². The molecule has 0 saturated heterocycles. The zero-order valence-electron chi connectivity index (χ0n) is 48.6. The standard InChI is InChI=1S/C63H122O10/c1-4-7-10-13-16-19-22-25-28-31-34-37-40-43-46-49-61(66)71-54-58(64)52-69-56-60(73-63(68)51-48-45-42-39-36-33-30-27-24-21-18-15-12-9-6-3)57-70-53-59(65)55-72-62(67)50-47-44-41-38-35-32-29-26-23-20-17-14-11-8-5-2/h58-60,64-65H,4-57H2,1-3H3. The molecular formula is C63H122O10. The van der Waals surface area contributed by atoms with Crippen molar-refractivity contribution in [3.05, 3.63) is 0 Å². The number of aliphatic hydroxyl groups excluding tert-OH is 2. The first-order chi connectivity index (χ1) is 35.8. The van der Waals surface area contributed by atoms with E-state index < -0.39 is 18.3 Å². The van der Waals surface area contributed by atoms with Crippen LogP contribution in [0.4, 0.5) is 0 Å². The Morgan fingerprint density at radius 1 is 0.274 bits per heavy atom. The normalized spacial score (nSPS) is 12.8. The Hall–Kier alpha value is -1.75. The van der Waals surface area contributed by atoms with E-state index in [1.807, 2.05) is 0 Å². The lowest BCUT2D eigenvalue weighted by Crippen LogP contribution is -2.33. The third-order valence-electron chi connectivity index (χ3n) is 14.4. The number of unbranched alkanes of at least 4 members (excludes halogenated alkanes) is 42. The van der Waals surface area contributed by atoms with Crippen LogP contribution in [0.2, 0.25) is 0 Å². The van der Waals surface area contributed by atoms with E-state index in [0.29, 0.717) is 19.3 Å². The molecule has 2 N–H and O–H groups in total. The van der Waals surface area contributed by atoms with Gasteiger partial charge in [-0.3, -0.25) is 14.4 Å². The maximum Gasteiger partial charge on any atom is 0.306 e. The molecule has 10 nitrogen and oxygen atoms in total. The molecule has 0 heterocycles. The van der Waals surface area contributed by atoms with Crippen molar-refractivity contribution in [1.29, 1.82) is 0 Å². The van der Waals surface area contributed by atoms with Crippen LogP contribution in [0.1, 0.15) is 329 Å². The van der Waals surface area contributed by atoms with Gasteiger partial charge in [0.2, 0.25) is 0 Å². The lowest BCUT2D eigenvalue weighted by atomic mass is 10.0. The van der Waals surface area contributed by atoms with Gasteiger partial charge in [-0.1, -0.05) is 290 Å². The van der Waals surface area contributed by atoms with Crippen LogP contribution >= 0.6 is 0 Å². The number of rotatable bonds is 61. The summed E-state index contributed by atoms with van der Waals surface area (Å²) in [6.45, 7) is 6.21. The molecule has 0 spiro atoms. The lowest BCUT2D eigenvalue weighted by Gasteiger charge is -2.20. The third kappa shape index (κ3) is 57.8. The molecule has 0 saturated carbocycles. The van der Waals surface area contributed by atoms with E-state index in [1.165, 1.54) is 231 Å². The maximum absolute atomic E-state index is 12.9. The summed E-state index contributed by atoms with van der Waals surface area (Å²) in [6, 6.07) is 0. The molecule has 0 aliphatic rings. The summed E-state index contributed by atoms with van der Waals surface area (Å²) < 4.78 is 27.8. The zero-order chi connectivity index (χ0) is 53.2. The fourth-order valence-electron chi connectivity index (χ4n) is 9.57. The van der Waals surface area contributed by atoms with Crippen molar-refractivity contribution in [2.24, 2.45) is 0 Å². The van der Waals surface area contributed by atoms with E-state index in [1.54, 1.807) is 0 Å². The number of esters is 3. The lowest BCUT2D eigenvalue weighted by molar-refractivity contribution is -0.160. The molecule has 0 aliphatic heterocycles. The Kier molecular flexibility index (Phi) is 58.1. The zero-order valence-corrected chi connectivity index (χ0v) is 48.6. The minimum atomic E-state index is -1.02. The summed E-state index contributed by atoms with van der Waals surface area (Å²) in [7, 11) is 0. The van der Waals surface area contributed by atoms with Gasteiger partial charge in [0.05, 0.1) is 26.4 Å². The second-order valence-corrected chi connectivity index (χ2v) is 22.0. The van der Waals surface area contributed by atoms with Gasteiger partial charge in [0.1, 0.15) is 31.5 Å². The van der Waals surface area contributed by atoms with Gasteiger partial charge in [-0.15, -0.1) is 0 Å². The fraction of sp³-hybridized carbons (Fsp3) is 0.952. The Bertz CT molecular complexity index is 1070. The quantitative estimate of drug-likeness (QED) is 0.0344. The number of ether oxygens (including phenoxy) is 5. The highest BCUT2D eigenvalue weighted by molar-refractivity contribution is 5.70. The first-order valence-electron chi connectivity index (χ1n) is 31.8. The van der Waals surface area contributed by atoms with Gasteiger partial charge in [-0.2, -0.15) is 0 Å². The van der Waals surface area contributed by atoms with Gasteiger partial charge in [-0.25, -0.2) is 0 Å². The van der Waals surface area contributed by atoms with Crippen LogP contribution in [0.25, 0.3) is 0 Å². The van der Waals surface area contributed by atoms with Gasteiger partial charge >= 0.3 is 17.9 Å². The number of carbonyl (C=O) groups is 3. The van der Waals surface area contributed by atoms with E-state index in [-0.39, 0.29) is 57.5 Å². The average molecular weight is 1040 g/mol. The van der Waals surface area contributed by atoms with Crippen LogP contribution in [0.5, 0.6) is 0 Å². The second kappa shape index (κ2) is 59.5. The Balaban J connectivity index is 4.41. The van der Waals surface area contributed by atoms with Gasteiger partial charge in [0.15, 0.2) is 0 Å². The molecule has 0 aliphatic carbocycles. The summed E-state index contributed by atoms with van der Waals surface area (Å²) >= 11 is 0. The van der Waals surface area contributed by atoms with Crippen molar-refractivity contribution in [3.63, 3.8) is 0 Å². The van der Waals surface area contributed by atoms with Crippen molar-refractivity contribution in [1.82, 2.24) is 0 Å². The summed E-state index contributed by atoms with van der Waals surface area (Å²) in [6.07, 6.45) is 54.9. The number of carbonyl (C=O) groups excluding carboxylic acids is 3. The van der Waals surface area contributed by atoms with Crippen LogP contribution < -0.4 is 0 Å². The van der Waals surface area contributed by atoms with E-state index in [2.05, 4.69) is 20.8 Å². The smallest absolute Gasteiger partial charge is 0.306 e. The van der Waals surface area contributed by atoms with Gasteiger partial charge in [0, 0.05) is 19.3 Å². The third-order valence-corrected chi connectivity index (χ3v) is 14.4. The van der Waals surface area contributed by atoms with E-state index in [4.69, 9.17) is 23.7 Å². The largest absolute Gasteiger partial charge is 0.463 e. The van der Waals surface area contributed by atoms with Crippen molar-refractivity contribution in [3.8, 4) is 0 Å². The molecule has 0 aromatic heterocycles. The Morgan fingerprint density at radius 3 is 0.712 bits per heavy atom. The monoisotopic (exact) mass is 1040 g/mol. The van der Waals surface area contributed by atoms with Crippen LogP contribution in [-0.4, -0.2) is 86.1 Å². The molecule has 73 heavy (non-hydrogen) atoms. The molecular weight excluding hydrogens is 917 g/mol. The van der Waals surface area contributed by atoms with E-state index >= 15 is 0 Å². The molecule has 0 fully saturated rings. The number of hydrogen-bond donors (Lipinski definition) is 2. The fourth-order valence-corrected chi connectivity index (χ4v) is 9.57. The van der Waals surface area contributed by atoms with Crippen molar-refractivity contribution in [2.45, 2.75) is 347 Å². The highest BCUT2D eigenvalue weighted by Gasteiger charge is 2.19. The first kappa shape index (κ1) is 71.2. The molecule has 0 rings (SSSR count). The van der Waals surface area contributed by atoms with Crippen LogP contribution in [0.15, 0.2) is 0 Å². The molecule has 0 radical (unpaired) electrons. The van der Waals surface area contributed by atoms with Crippen molar-refractivity contribution < 1.29 is 48.3 Å². The molecule has 0 amide bonds. The van der Waals surface area contributed by atoms with E-state index in [9.17, 15) is 24.6 Å². The predicted molar refractivity (Wildman–Crippen MR) is 304 cm³/mol. The predicted octanol–water partition coefficient (Wildman–Crippen LogP) is 17.5. The summed E-state index contributed by atoms with van der Waals surface area (Å²) in [5.41, 5.74) is 0. The minimum absolute atomic E-state index is 0.0287. The highest BCUT2D eigenvalue weighted by Crippen LogP contribution is 2.18. The SMILES string of the molecule is CCCCCCCCCCCCCCCCCC(=O)OCC(O)COCC(COCC(O)COC(=O)CCCCCCCCCCCCCCCCC)OC(=O)CCCCCCCCCCCCCCCCC. The van der Waals surface area contributed by atoms with Gasteiger partial charge in [-0.05, 0) is 19.3 Å². The first-order valence-corrected chi connectivity index (χ1v) is 31.8. The summed E-state index contributed by atoms with van der Waals surface area (Å²) in [4.78, 5) is 37.6. The molecule has 10 heteroatoms. The van der Waals surface area contributed by atoms with E-state index in [0.717, 1.165) is 57.8 Å². The molecule has 0 aromatic carbocycles. The highest BCUT2D eigenvalue weighted by atomic mass is 16.6. The molecule has 0 aromatic rings. The van der Waals surface area contributed by atoms with Crippen molar-refractivity contribution >= 4 is 17.9 Å². The minimum Gasteiger partial charge on any atom is -0.463 e. The second-order valence-electron chi connectivity index (χ2n) is 22.0. The molecule has 2 unspecified atom stereocenters. The Morgan fingerprint density at radius 2 is 0.479 bits per heavy atom. The Labute approximate surface area is 451 Å². The van der Waals surface area contributed by atoms with Crippen LogP contribution in [0, 0.1) is 0 Å². The topological polar surface area (TPSA) is 138 Å². The summed E-state index contributed by atoms with van der Waals surface area (Å²) in [5.74, 6) is -0.975. The molecule has 0 bridgehead atoms. The van der Waals surface area contributed by atoms with Crippen molar-refractivity contribution in [2.75, 3.05) is 39.6 Å². The molecule has 434 valence electrons. The molecule has 2 atom stereocenters. The maximum atomic E-state index is 12.9. The van der Waals surface area contributed by atoms with Gasteiger partial charge < -0.3 is 33.9 Å².